The lowest BCUT2D eigenvalue weighted by atomic mass is 9.79. The third-order valence-electron chi connectivity index (χ3n) is 8.92. The van der Waals surface area contributed by atoms with Gasteiger partial charge >= 0.3 is 0 Å². The molecule has 1 spiro atoms. The second-order valence-corrected chi connectivity index (χ2v) is 12.9. The van der Waals surface area contributed by atoms with Crippen LogP contribution < -0.4 is 10.0 Å². The van der Waals surface area contributed by atoms with E-state index in [4.69, 9.17) is 4.74 Å². The molecule has 9 nitrogen and oxygen atoms in total. The molecule has 4 rings (SSSR count). The van der Waals surface area contributed by atoms with E-state index in [2.05, 4.69) is 10.0 Å². The molecule has 10 heteroatoms. The number of hydrogen-bond donors (Lipinski definition) is 2. The Hall–Kier alpha value is -1.78. The number of Topliss-reactive ketones (excluding diaryl/α,β-unsaturated/α-hetero) is 1. The lowest BCUT2D eigenvalue weighted by Crippen LogP contribution is -2.52. The molecule has 2 saturated carbocycles. The molecule has 0 bridgehead atoms. The molecule has 2 aliphatic heterocycles. The number of fused-ring (bicyclic) bond motifs is 3. The minimum Gasteiger partial charge on any atom is -0.376 e. The highest BCUT2D eigenvalue weighted by atomic mass is 32.2. The second kappa shape index (κ2) is 9.27. The van der Waals surface area contributed by atoms with E-state index in [0.717, 1.165) is 44.8 Å². The highest BCUT2D eigenvalue weighted by molar-refractivity contribution is 7.89. The monoisotopic (exact) mass is 509 g/mol. The summed E-state index contributed by atoms with van der Waals surface area (Å²) in [5.74, 6) is -1.11. The maximum atomic E-state index is 14.0. The van der Waals surface area contributed by atoms with E-state index in [1.165, 1.54) is 0 Å². The van der Waals surface area contributed by atoms with Gasteiger partial charge in [0.2, 0.25) is 21.8 Å². The van der Waals surface area contributed by atoms with Gasteiger partial charge in [0.05, 0.1) is 35.9 Å². The van der Waals surface area contributed by atoms with Gasteiger partial charge in [0, 0.05) is 18.9 Å². The Kier molecular flexibility index (Phi) is 6.96. The number of ether oxygens (including phenoxy) is 1. The van der Waals surface area contributed by atoms with Crippen LogP contribution in [0.1, 0.15) is 64.7 Å². The number of rotatable bonds is 4. The van der Waals surface area contributed by atoms with Gasteiger partial charge in [-0.3, -0.25) is 19.1 Å². The van der Waals surface area contributed by atoms with E-state index in [-0.39, 0.29) is 24.0 Å². The SMILES string of the molecule is CN[C@H]1CCCCC/C=C\[C@@H]2C[C@@]2(C(=O)NS(C)(=O)=O)CC(=O)[C@H]2N(C[C@](C)(OC)C23CC3)C1=O. The van der Waals surface area contributed by atoms with Gasteiger partial charge in [-0.1, -0.05) is 25.0 Å². The molecule has 2 amide bonds. The van der Waals surface area contributed by atoms with Gasteiger partial charge in [-0.05, 0) is 58.4 Å². The highest BCUT2D eigenvalue weighted by Gasteiger charge is 2.72. The molecule has 3 fully saturated rings. The summed E-state index contributed by atoms with van der Waals surface area (Å²) in [6, 6.07) is -1.08. The Morgan fingerprint density at radius 2 is 1.91 bits per heavy atom. The molecule has 5 atom stereocenters. The minimum atomic E-state index is -3.77. The molecule has 35 heavy (non-hydrogen) atoms. The summed E-state index contributed by atoms with van der Waals surface area (Å²) in [7, 11) is -0.368. The van der Waals surface area contributed by atoms with Crippen LogP contribution in [-0.4, -0.2) is 75.6 Å². The molecule has 196 valence electrons. The lowest BCUT2D eigenvalue weighted by Gasteiger charge is -2.32. The van der Waals surface area contributed by atoms with Crippen molar-refractivity contribution in [3.05, 3.63) is 12.2 Å². The maximum Gasteiger partial charge on any atom is 0.240 e. The number of methoxy groups -OCH3 is 1. The van der Waals surface area contributed by atoms with E-state index in [1.54, 1.807) is 19.1 Å². The standard InChI is InChI=1S/C25H39N3O6S/c1-23(34-3)16-28-20(25(23)12-13-25)19(29)15-24(22(31)27-35(4,32)33)14-17(24)10-8-6-5-7-9-11-18(26-2)21(28)30/h8,10,17-18,20,26H,5-7,9,11-16H2,1-4H3,(H,27,31)/b10-8-/t17-,18+,20-,23+,24-/m1/s1. The molecule has 4 aliphatic rings. The number of sulfonamides is 1. The van der Waals surface area contributed by atoms with Crippen LogP contribution in [0.25, 0.3) is 0 Å². The molecule has 2 aliphatic carbocycles. The fourth-order valence-corrected chi connectivity index (χ4v) is 7.04. The van der Waals surface area contributed by atoms with E-state index < -0.39 is 44.4 Å². The van der Waals surface area contributed by atoms with Gasteiger partial charge in [0.25, 0.3) is 0 Å². The van der Waals surface area contributed by atoms with E-state index in [9.17, 15) is 22.8 Å². The Morgan fingerprint density at radius 3 is 2.51 bits per heavy atom. The number of nitrogens with zero attached hydrogens (tertiary/aromatic N) is 1. The van der Waals surface area contributed by atoms with Gasteiger partial charge < -0.3 is 15.0 Å². The van der Waals surface area contributed by atoms with Crippen LogP contribution in [-0.2, 0) is 29.1 Å². The predicted molar refractivity (Wildman–Crippen MR) is 131 cm³/mol. The van der Waals surface area contributed by atoms with Crippen molar-refractivity contribution < 1.29 is 27.5 Å². The zero-order chi connectivity index (χ0) is 25.6. The summed E-state index contributed by atoms with van der Waals surface area (Å²) < 4.78 is 31.7. The third-order valence-corrected chi connectivity index (χ3v) is 9.48. The number of allylic oxidation sites excluding steroid dienone is 2. The molecule has 0 aromatic rings. The zero-order valence-electron chi connectivity index (χ0n) is 21.3. The molecule has 2 heterocycles. The number of amides is 2. The molecule has 2 N–H and O–H groups in total. The van der Waals surface area contributed by atoms with E-state index >= 15 is 0 Å². The number of ketones is 1. The first-order valence-corrected chi connectivity index (χ1v) is 14.6. The molecule has 0 aromatic heterocycles. The van der Waals surface area contributed by atoms with Crippen LogP contribution in [0.4, 0.5) is 0 Å². The Balaban J connectivity index is 1.71. The average molecular weight is 510 g/mol. The third kappa shape index (κ3) is 4.69. The van der Waals surface area contributed by atoms with Crippen molar-refractivity contribution in [3.63, 3.8) is 0 Å². The normalized spacial score (nSPS) is 38.2. The van der Waals surface area contributed by atoms with Crippen LogP contribution in [0.3, 0.4) is 0 Å². The zero-order valence-corrected chi connectivity index (χ0v) is 22.1. The number of carbonyl (C=O) groups is 3. The Morgan fingerprint density at radius 1 is 1.20 bits per heavy atom. The smallest absolute Gasteiger partial charge is 0.240 e. The minimum absolute atomic E-state index is 0.0937. The number of hydrogen-bond acceptors (Lipinski definition) is 7. The maximum absolute atomic E-state index is 14.0. The molecule has 0 unspecified atom stereocenters. The van der Waals surface area contributed by atoms with Crippen molar-refractivity contribution in [1.82, 2.24) is 14.9 Å². The number of likely N-dealkylation sites (N-methyl/N-ethyl adjacent to an activating group) is 1. The van der Waals surface area contributed by atoms with Crippen LogP contribution in [0.5, 0.6) is 0 Å². The number of nitrogens with one attached hydrogen (secondary N) is 2. The first kappa shape index (κ1) is 26.3. The van der Waals surface area contributed by atoms with Gasteiger partial charge in [0.15, 0.2) is 5.78 Å². The molecular formula is C25H39N3O6S. The lowest BCUT2D eigenvalue weighted by molar-refractivity contribution is -0.141. The largest absolute Gasteiger partial charge is 0.376 e. The molecule has 0 radical (unpaired) electrons. The van der Waals surface area contributed by atoms with Crippen molar-refractivity contribution >= 4 is 27.6 Å². The van der Waals surface area contributed by atoms with Gasteiger partial charge in [-0.15, -0.1) is 0 Å². The van der Waals surface area contributed by atoms with Crippen LogP contribution in [0.2, 0.25) is 0 Å². The summed E-state index contributed by atoms with van der Waals surface area (Å²) in [4.78, 5) is 42.6. The van der Waals surface area contributed by atoms with Gasteiger partial charge in [0.1, 0.15) is 0 Å². The van der Waals surface area contributed by atoms with Crippen LogP contribution >= 0.6 is 0 Å². The molecule has 1 saturated heterocycles. The highest BCUT2D eigenvalue weighted by Crippen LogP contribution is 2.65. The van der Waals surface area contributed by atoms with Crippen LogP contribution in [0, 0.1) is 16.7 Å². The van der Waals surface area contributed by atoms with E-state index in [1.807, 2.05) is 19.1 Å². The van der Waals surface area contributed by atoms with Crippen molar-refractivity contribution in [2.24, 2.45) is 16.7 Å². The first-order valence-electron chi connectivity index (χ1n) is 12.7. The van der Waals surface area contributed by atoms with Crippen molar-refractivity contribution in [2.75, 3.05) is 27.0 Å². The van der Waals surface area contributed by atoms with Crippen molar-refractivity contribution in [3.8, 4) is 0 Å². The van der Waals surface area contributed by atoms with Crippen molar-refractivity contribution in [2.45, 2.75) is 82.4 Å². The predicted octanol–water partition coefficient (Wildman–Crippen LogP) is 1.53. The fourth-order valence-electron chi connectivity index (χ4n) is 6.50. The summed E-state index contributed by atoms with van der Waals surface area (Å²) in [6.45, 7) is 2.29. The molecule has 0 aromatic carbocycles. The Bertz CT molecular complexity index is 1020. The van der Waals surface area contributed by atoms with Gasteiger partial charge in [-0.25, -0.2) is 8.42 Å². The quantitative estimate of drug-likeness (QED) is 0.551. The fraction of sp³-hybridized carbons (Fsp3) is 0.800. The summed E-state index contributed by atoms with van der Waals surface area (Å²) in [5, 5.41) is 3.15. The van der Waals surface area contributed by atoms with Gasteiger partial charge in [-0.2, -0.15) is 0 Å². The average Bonchev–Trinajstić information content (AvgIpc) is 3.68. The van der Waals surface area contributed by atoms with Crippen LogP contribution in [0.15, 0.2) is 12.2 Å². The Labute approximate surface area is 208 Å². The first-order chi connectivity index (χ1) is 16.4. The number of carbonyl (C=O) groups excluding carboxylic acids is 3. The summed E-state index contributed by atoms with van der Waals surface area (Å²) in [5.41, 5.74) is -2.23. The molecular weight excluding hydrogens is 470 g/mol. The summed E-state index contributed by atoms with van der Waals surface area (Å²) in [6.07, 6.45) is 11.2. The summed E-state index contributed by atoms with van der Waals surface area (Å²) >= 11 is 0. The topological polar surface area (TPSA) is 122 Å². The van der Waals surface area contributed by atoms with E-state index in [0.29, 0.717) is 19.4 Å². The van der Waals surface area contributed by atoms with Crippen molar-refractivity contribution in [1.29, 1.82) is 0 Å². The second-order valence-electron chi connectivity index (χ2n) is 11.2.